The molecule has 1 fully saturated rings. The van der Waals surface area contributed by atoms with Crippen LogP contribution in [0.4, 0.5) is 0 Å². The minimum Gasteiger partial charge on any atom is -0.341 e. The molecular weight excluding hydrogens is 472 g/mol. The molecule has 0 N–H and O–H groups in total. The van der Waals surface area contributed by atoms with Crippen molar-refractivity contribution in [3.8, 4) is 0 Å². The van der Waals surface area contributed by atoms with E-state index in [0.717, 1.165) is 54.0 Å². The number of benzene rings is 2. The molecule has 0 spiro atoms. The lowest BCUT2D eigenvalue weighted by molar-refractivity contribution is -0.140. The predicted molar refractivity (Wildman–Crippen MR) is 143 cm³/mol. The van der Waals surface area contributed by atoms with Crippen LogP contribution in [0.5, 0.6) is 0 Å². The first-order valence-corrected chi connectivity index (χ1v) is 13.3. The normalized spacial score (nSPS) is 14.6. The van der Waals surface area contributed by atoms with Crippen LogP contribution in [0, 0.1) is 5.92 Å². The quantitative estimate of drug-likeness (QED) is 0.115. The smallest absolute Gasteiger partial charge is 0.331 e. The van der Waals surface area contributed by atoms with Crippen molar-refractivity contribution in [3.05, 3.63) is 69.9 Å². The van der Waals surface area contributed by atoms with E-state index >= 15 is 0 Å². The average molecular weight is 501 g/mol. The summed E-state index contributed by atoms with van der Waals surface area (Å²) >= 11 is 1.43. The fourth-order valence-electron chi connectivity index (χ4n) is 5.22. The van der Waals surface area contributed by atoms with Crippen LogP contribution in [0.1, 0.15) is 71.5 Å². The summed E-state index contributed by atoms with van der Waals surface area (Å²) in [4.78, 5) is 43.6. The van der Waals surface area contributed by atoms with Crippen LogP contribution in [-0.2, 0) is 16.2 Å². The van der Waals surface area contributed by atoms with Gasteiger partial charge in [-0.2, -0.15) is 0 Å². The topological polar surface area (TPSA) is 77.7 Å². The van der Waals surface area contributed by atoms with E-state index in [2.05, 4.69) is 16.6 Å². The Labute approximate surface area is 213 Å². The van der Waals surface area contributed by atoms with E-state index in [1.54, 1.807) is 0 Å². The molecule has 0 aliphatic heterocycles. The standard InChI is InChI=1S/C29H28N2O4S/c1-3-31-25-12-10-20(28(33)24(30-35-18(2)32)15-19-7-4-5-8-19)16-22(25)23-17-21(11-13-26(23)31)29(34)27-9-6-14-36-27/h6,9-14,16-17,19H,3-5,7-8,15H2,1-2H3. The number of carbonyl (C=O) groups is 3. The van der Waals surface area contributed by atoms with Gasteiger partial charge in [0.2, 0.25) is 11.6 Å². The van der Waals surface area contributed by atoms with E-state index in [1.165, 1.54) is 18.3 Å². The molecule has 2 heterocycles. The van der Waals surface area contributed by atoms with Gasteiger partial charge in [0.05, 0.1) is 4.88 Å². The zero-order chi connectivity index (χ0) is 25.2. The van der Waals surface area contributed by atoms with Crippen molar-refractivity contribution in [1.82, 2.24) is 4.57 Å². The van der Waals surface area contributed by atoms with Crippen LogP contribution in [0.25, 0.3) is 21.8 Å². The number of aromatic nitrogens is 1. The van der Waals surface area contributed by atoms with Gasteiger partial charge in [-0.3, -0.25) is 9.59 Å². The molecule has 1 saturated carbocycles. The van der Waals surface area contributed by atoms with Crippen LogP contribution in [0.15, 0.2) is 59.1 Å². The molecule has 6 nitrogen and oxygen atoms in total. The average Bonchev–Trinajstić information content (AvgIpc) is 3.65. The van der Waals surface area contributed by atoms with E-state index in [0.29, 0.717) is 28.3 Å². The summed E-state index contributed by atoms with van der Waals surface area (Å²) in [5.41, 5.74) is 3.41. The highest BCUT2D eigenvalue weighted by atomic mass is 32.1. The Kier molecular flexibility index (Phi) is 6.83. The summed E-state index contributed by atoms with van der Waals surface area (Å²) in [7, 11) is 0. The third-order valence-electron chi connectivity index (χ3n) is 6.95. The van der Waals surface area contributed by atoms with Crippen molar-refractivity contribution in [2.45, 2.75) is 52.5 Å². The van der Waals surface area contributed by atoms with Crippen LogP contribution in [-0.4, -0.2) is 27.8 Å². The number of fused-ring (bicyclic) bond motifs is 3. The van der Waals surface area contributed by atoms with E-state index in [-0.39, 0.29) is 17.3 Å². The van der Waals surface area contributed by atoms with Gasteiger partial charge < -0.3 is 9.40 Å². The fraction of sp³-hybridized carbons (Fsp3) is 0.310. The fourth-order valence-corrected chi connectivity index (χ4v) is 5.91. The maximum absolute atomic E-state index is 13.6. The third-order valence-corrected chi connectivity index (χ3v) is 7.82. The molecule has 0 unspecified atom stereocenters. The maximum atomic E-state index is 13.6. The van der Waals surface area contributed by atoms with Gasteiger partial charge in [-0.05, 0) is 67.1 Å². The highest BCUT2D eigenvalue weighted by Gasteiger charge is 2.24. The minimum atomic E-state index is -0.545. The minimum absolute atomic E-state index is 0.0103. The molecule has 5 rings (SSSR count). The highest BCUT2D eigenvalue weighted by Crippen LogP contribution is 2.33. The van der Waals surface area contributed by atoms with Gasteiger partial charge in [0.25, 0.3) is 0 Å². The lowest BCUT2D eigenvalue weighted by atomic mass is 9.95. The summed E-state index contributed by atoms with van der Waals surface area (Å²) in [6, 6.07) is 15.1. The molecule has 184 valence electrons. The van der Waals surface area contributed by atoms with Gasteiger partial charge in [0.1, 0.15) is 5.71 Å². The summed E-state index contributed by atoms with van der Waals surface area (Å²) in [5.74, 6) is -0.409. The predicted octanol–water partition coefficient (Wildman–Crippen LogP) is 6.79. The number of Topliss-reactive ketones (excluding diaryl/α,β-unsaturated/α-hetero) is 1. The van der Waals surface area contributed by atoms with Crippen molar-refractivity contribution < 1.29 is 19.2 Å². The number of thiophene rings is 1. The lowest BCUT2D eigenvalue weighted by Crippen LogP contribution is -2.19. The maximum Gasteiger partial charge on any atom is 0.331 e. The van der Waals surface area contributed by atoms with Crippen LogP contribution in [0.3, 0.4) is 0 Å². The molecule has 0 radical (unpaired) electrons. The molecule has 7 heteroatoms. The summed E-state index contributed by atoms with van der Waals surface area (Å²) in [6.45, 7) is 4.11. The second-order valence-corrected chi connectivity index (χ2v) is 10.3. The SMILES string of the molecule is CCn1c2ccc(C(=O)C(CC3CCCC3)=NOC(C)=O)cc2c2cc(C(=O)c3cccs3)ccc21. The first kappa shape index (κ1) is 24.1. The molecule has 0 bridgehead atoms. The number of ketones is 2. The summed E-state index contributed by atoms with van der Waals surface area (Å²) < 4.78 is 2.19. The van der Waals surface area contributed by atoms with Crippen molar-refractivity contribution in [3.63, 3.8) is 0 Å². The molecule has 2 aromatic heterocycles. The Morgan fingerprint density at radius 1 is 1.00 bits per heavy atom. The number of hydrogen-bond donors (Lipinski definition) is 0. The number of oxime groups is 1. The van der Waals surface area contributed by atoms with Crippen molar-refractivity contribution in [2.75, 3.05) is 0 Å². The number of aryl methyl sites for hydroxylation is 1. The van der Waals surface area contributed by atoms with Crippen molar-refractivity contribution in [2.24, 2.45) is 11.1 Å². The van der Waals surface area contributed by atoms with Gasteiger partial charge in [0.15, 0.2) is 0 Å². The Balaban J connectivity index is 1.58. The van der Waals surface area contributed by atoms with Crippen LogP contribution in [0.2, 0.25) is 0 Å². The highest BCUT2D eigenvalue weighted by molar-refractivity contribution is 7.12. The van der Waals surface area contributed by atoms with Gasteiger partial charge in [-0.15, -0.1) is 11.3 Å². The lowest BCUT2D eigenvalue weighted by Gasteiger charge is -2.11. The van der Waals surface area contributed by atoms with Gasteiger partial charge in [0, 0.05) is 46.4 Å². The van der Waals surface area contributed by atoms with E-state index in [9.17, 15) is 14.4 Å². The summed E-state index contributed by atoms with van der Waals surface area (Å²) in [5, 5.41) is 7.69. The van der Waals surface area contributed by atoms with Crippen LogP contribution < -0.4 is 0 Å². The Bertz CT molecular complexity index is 1490. The number of nitrogens with zero attached hydrogens (tertiary/aromatic N) is 2. The van der Waals surface area contributed by atoms with E-state index < -0.39 is 5.97 Å². The van der Waals surface area contributed by atoms with Crippen LogP contribution >= 0.6 is 11.3 Å². The first-order valence-electron chi connectivity index (χ1n) is 12.4. The molecule has 0 saturated heterocycles. The third kappa shape index (κ3) is 4.63. The number of carbonyl (C=O) groups excluding carboxylic acids is 3. The number of hydrogen-bond acceptors (Lipinski definition) is 6. The molecule has 2 aromatic carbocycles. The van der Waals surface area contributed by atoms with E-state index in [4.69, 9.17) is 4.84 Å². The zero-order valence-corrected chi connectivity index (χ0v) is 21.3. The summed E-state index contributed by atoms with van der Waals surface area (Å²) in [6.07, 6.45) is 4.90. The Morgan fingerprint density at radius 3 is 2.28 bits per heavy atom. The van der Waals surface area contributed by atoms with Gasteiger partial charge in [-0.25, -0.2) is 4.79 Å². The zero-order valence-electron chi connectivity index (χ0n) is 20.5. The van der Waals surface area contributed by atoms with E-state index in [1.807, 2.05) is 53.9 Å². The largest absolute Gasteiger partial charge is 0.341 e. The van der Waals surface area contributed by atoms with Gasteiger partial charge >= 0.3 is 5.97 Å². The monoisotopic (exact) mass is 500 g/mol. The molecule has 1 aliphatic rings. The van der Waals surface area contributed by atoms with Crippen molar-refractivity contribution >= 4 is 56.4 Å². The van der Waals surface area contributed by atoms with Gasteiger partial charge in [-0.1, -0.05) is 36.9 Å². The molecule has 0 amide bonds. The second kappa shape index (κ2) is 10.2. The Hall–Kier alpha value is -3.58. The number of rotatable bonds is 8. The molecular formula is C29H28N2O4S. The first-order chi connectivity index (χ1) is 17.5. The molecule has 36 heavy (non-hydrogen) atoms. The molecule has 1 aliphatic carbocycles. The molecule has 0 atom stereocenters. The molecule has 4 aromatic rings. The second-order valence-electron chi connectivity index (χ2n) is 9.32. The van der Waals surface area contributed by atoms with Crippen molar-refractivity contribution in [1.29, 1.82) is 0 Å². The Morgan fingerprint density at radius 2 is 1.67 bits per heavy atom.